The molecule has 5 heteroatoms. The van der Waals surface area contributed by atoms with Crippen LogP contribution in [0.25, 0.3) is 0 Å². The topological polar surface area (TPSA) is 55.1 Å². The smallest absolute Gasteiger partial charge is 0.312 e. The van der Waals surface area contributed by atoms with Crippen LogP contribution < -0.4 is 11.1 Å². The normalized spacial score (nSPS) is 22.4. The van der Waals surface area contributed by atoms with Gasteiger partial charge in [0.2, 0.25) is 5.92 Å². The number of carbonyl (C=O) groups is 1. The van der Waals surface area contributed by atoms with Crippen molar-refractivity contribution in [3.05, 3.63) is 0 Å². The van der Waals surface area contributed by atoms with E-state index >= 15 is 0 Å². The van der Waals surface area contributed by atoms with Crippen molar-refractivity contribution in [2.24, 2.45) is 11.7 Å². The van der Waals surface area contributed by atoms with Gasteiger partial charge in [0, 0.05) is 19.4 Å². The van der Waals surface area contributed by atoms with Crippen molar-refractivity contribution in [3.63, 3.8) is 0 Å². The van der Waals surface area contributed by atoms with Gasteiger partial charge in [-0.25, -0.2) is 13.6 Å². The molecule has 1 saturated carbocycles. The van der Waals surface area contributed by atoms with Crippen LogP contribution in [0.5, 0.6) is 0 Å². The summed E-state index contributed by atoms with van der Waals surface area (Å²) in [5.74, 6) is -2.61. The molecule has 0 aromatic rings. The molecule has 0 spiro atoms. The highest BCUT2D eigenvalue weighted by molar-refractivity contribution is 5.71. The molecule has 11 heavy (non-hydrogen) atoms. The SMILES string of the molecule is NC(=O)NCC1CC(F)(F)C1. The van der Waals surface area contributed by atoms with Gasteiger partial charge in [0.15, 0.2) is 0 Å². The Morgan fingerprint density at radius 3 is 2.55 bits per heavy atom. The number of alkyl halides is 2. The van der Waals surface area contributed by atoms with Crippen molar-refractivity contribution in [1.82, 2.24) is 5.32 Å². The van der Waals surface area contributed by atoms with E-state index < -0.39 is 12.0 Å². The van der Waals surface area contributed by atoms with E-state index in [1.165, 1.54) is 0 Å². The number of amides is 2. The van der Waals surface area contributed by atoms with Crippen LogP contribution in [0.1, 0.15) is 12.8 Å². The van der Waals surface area contributed by atoms with E-state index in [9.17, 15) is 13.6 Å². The Morgan fingerprint density at radius 1 is 1.64 bits per heavy atom. The molecule has 3 N–H and O–H groups in total. The Hall–Kier alpha value is -0.870. The summed E-state index contributed by atoms with van der Waals surface area (Å²) in [4.78, 5) is 10.1. The number of halogens is 2. The molecule has 0 bridgehead atoms. The van der Waals surface area contributed by atoms with Gasteiger partial charge >= 0.3 is 6.03 Å². The summed E-state index contributed by atoms with van der Waals surface area (Å²) in [5.41, 5.74) is 4.75. The number of nitrogens with two attached hydrogens (primary N) is 1. The highest BCUT2D eigenvalue weighted by atomic mass is 19.3. The fraction of sp³-hybridized carbons (Fsp3) is 0.833. The number of hydrogen-bond donors (Lipinski definition) is 2. The summed E-state index contributed by atoms with van der Waals surface area (Å²) in [6.45, 7) is 0.269. The molecule has 64 valence electrons. The first-order valence-corrected chi connectivity index (χ1v) is 3.41. The molecule has 1 rings (SSSR count). The molecule has 0 aliphatic heterocycles. The first-order chi connectivity index (χ1) is 4.99. The maximum Gasteiger partial charge on any atom is 0.312 e. The lowest BCUT2D eigenvalue weighted by Crippen LogP contribution is -2.43. The summed E-state index contributed by atoms with van der Waals surface area (Å²) in [5, 5.41) is 2.29. The Balaban J connectivity index is 2.09. The summed E-state index contributed by atoms with van der Waals surface area (Å²) >= 11 is 0. The lowest BCUT2D eigenvalue weighted by molar-refractivity contribution is -0.108. The summed E-state index contributed by atoms with van der Waals surface area (Å²) in [6.07, 6.45) is -0.263. The van der Waals surface area contributed by atoms with Crippen LogP contribution in [0.4, 0.5) is 13.6 Å². The van der Waals surface area contributed by atoms with Crippen LogP contribution in [0.3, 0.4) is 0 Å². The minimum Gasteiger partial charge on any atom is -0.352 e. The number of carbonyl (C=O) groups excluding carboxylic acids is 1. The summed E-state index contributed by atoms with van der Waals surface area (Å²) in [7, 11) is 0. The quantitative estimate of drug-likeness (QED) is 0.620. The van der Waals surface area contributed by atoms with Gasteiger partial charge in [-0.15, -0.1) is 0 Å². The van der Waals surface area contributed by atoms with Crippen LogP contribution in [-0.2, 0) is 0 Å². The van der Waals surface area contributed by atoms with Gasteiger partial charge in [0.1, 0.15) is 0 Å². The number of urea groups is 1. The van der Waals surface area contributed by atoms with Crippen LogP contribution in [0.2, 0.25) is 0 Å². The molecule has 0 aromatic carbocycles. The predicted molar refractivity (Wildman–Crippen MR) is 35.3 cm³/mol. The maximum atomic E-state index is 12.2. The Kier molecular flexibility index (Phi) is 1.97. The maximum absolute atomic E-state index is 12.2. The van der Waals surface area contributed by atoms with Crippen LogP contribution in [0, 0.1) is 5.92 Å². The zero-order chi connectivity index (χ0) is 8.48. The lowest BCUT2D eigenvalue weighted by atomic mass is 9.81. The molecule has 1 fully saturated rings. The molecule has 0 saturated heterocycles. The first-order valence-electron chi connectivity index (χ1n) is 3.41. The van der Waals surface area contributed by atoms with E-state index in [2.05, 4.69) is 5.32 Å². The van der Waals surface area contributed by atoms with E-state index in [0.717, 1.165) is 0 Å². The molecule has 2 amide bonds. The predicted octanol–water partition coefficient (Wildman–Crippen LogP) is 0.700. The Labute approximate surface area is 62.9 Å². The third kappa shape index (κ3) is 2.32. The van der Waals surface area contributed by atoms with Gasteiger partial charge in [0.05, 0.1) is 0 Å². The van der Waals surface area contributed by atoms with Crippen molar-refractivity contribution >= 4 is 6.03 Å². The molecular weight excluding hydrogens is 154 g/mol. The molecule has 0 radical (unpaired) electrons. The number of hydrogen-bond acceptors (Lipinski definition) is 1. The third-order valence-electron chi connectivity index (χ3n) is 1.74. The fourth-order valence-corrected chi connectivity index (χ4v) is 1.17. The summed E-state index contributed by atoms with van der Waals surface area (Å²) in [6, 6.07) is -0.653. The molecule has 1 aliphatic carbocycles. The standard InChI is InChI=1S/C6H10F2N2O/c7-6(8)1-4(2-6)3-10-5(9)11/h4H,1-3H2,(H3,9,10,11). The van der Waals surface area contributed by atoms with E-state index in [4.69, 9.17) is 5.73 Å². The summed E-state index contributed by atoms with van der Waals surface area (Å²) < 4.78 is 24.3. The molecule has 0 unspecified atom stereocenters. The zero-order valence-electron chi connectivity index (χ0n) is 5.94. The van der Waals surface area contributed by atoms with Crippen molar-refractivity contribution in [2.75, 3.05) is 6.54 Å². The van der Waals surface area contributed by atoms with Crippen molar-refractivity contribution in [3.8, 4) is 0 Å². The van der Waals surface area contributed by atoms with Crippen molar-refractivity contribution in [1.29, 1.82) is 0 Å². The van der Waals surface area contributed by atoms with E-state index in [-0.39, 0.29) is 25.3 Å². The number of nitrogens with one attached hydrogen (secondary N) is 1. The highest BCUT2D eigenvalue weighted by Crippen LogP contribution is 2.41. The highest BCUT2D eigenvalue weighted by Gasteiger charge is 2.44. The second-order valence-electron chi connectivity index (χ2n) is 2.88. The van der Waals surface area contributed by atoms with Gasteiger partial charge in [-0.1, -0.05) is 0 Å². The van der Waals surface area contributed by atoms with Crippen molar-refractivity contribution in [2.45, 2.75) is 18.8 Å². The first kappa shape index (κ1) is 8.23. The molecule has 0 atom stereocenters. The van der Waals surface area contributed by atoms with E-state index in [1.54, 1.807) is 0 Å². The van der Waals surface area contributed by atoms with Crippen LogP contribution in [0.15, 0.2) is 0 Å². The largest absolute Gasteiger partial charge is 0.352 e. The van der Waals surface area contributed by atoms with Crippen molar-refractivity contribution < 1.29 is 13.6 Å². The van der Waals surface area contributed by atoms with E-state index in [0.29, 0.717) is 0 Å². The van der Waals surface area contributed by atoms with Gasteiger partial charge in [0.25, 0.3) is 0 Å². The minimum atomic E-state index is -2.51. The zero-order valence-corrected chi connectivity index (χ0v) is 5.94. The van der Waals surface area contributed by atoms with Gasteiger partial charge in [-0.05, 0) is 5.92 Å². The van der Waals surface area contributed by atoms with Gasteiger partial charge in [-0.3, -0.25) is 0 Å². The molecule has 3 nitrogen and oxygen atoms in total. The third-order valence-corrected chi connectivity index (χ3v) is 1.74. The Morgan fingerprint density at radius 2 is 2.18 bits per heavy atom. The Bertz CT molecular complexity index is 164. The monoisotopic (exact) mass is 164 g/mol. The minimum absolute atomic E-state index is 0.0995. The molecular formula is C6H10F2N2O. The fourth-order valence-electron chi connectivity index (χ4n) is 1.17. The van der Waals surface area contributed by atoms with Crippen LogP contribution in [-0.4, -0.2) is 18.5 Å². The van der Waals surface area contributed by atoms with Gasteiger partial charge < -0.3 is 11.1 Å². The number of rotatable bonds is 2. The van der Waals surface area contributed by atoms with Crippen LogP contribution >= 0.6 is 0 Å². The van der Waals surface area contributed by atoms with Gasteiger partial charge in [-0.2, -0.15) is 0 Å². The lowest BCUT2D eigenvalue weighted by Gasteiger charge is -2.34. The number of primary amides is 1. The average molecular weight is 164 g/mol. The molecule has 0 heterocycles. The van der Waals surface area contributed by atoms with E-state index in [1.807, 2.05) is 0 Å². The second-order valence-corrected chi connectivity index (χ2v) is 2.88. The average Bonchev–Trinajstić information content (AvgIpc) is 1.78. The molecule has 0 aromatic heterocycles. The molecule has 1 aliphatic rings. The second kappa shape index (κ2) is 2.64.